The highest BCUT2D eigenvalue weighted by Gasteiger charge is 2.02. The molecule has 0 spiro atoms. The first-order valence-electron chi connectivity index (χ1n) is 6.77. The Bertz CT molecular complexity index is 583. The third-order valence-corrected chi connectivity index (χ3v) is 3.20. The molecule has 0 radical (unpaired) electrons. The molecule has 1 N–H and O–H groups in total. The maximum Gasteiger partial charge on any atom is 0.328 e. The van der Waals surface area contributed by atoms with Gasteiger partial charge in [-0.1, -0.05) is 25.1 Å². The van der Waals surface area contributed by atoms with Crippen molar-refractivity contribution in [3.05, 3.63) is 52.7 Å². The zero-order valence-electron chi connectivity index (χ0n) is 11.6. The van der Waals surface area contributed by atoms with E-state index in [1.807, 2.05) is 24.5 Å². The number of para-hydroxylation sites is 1. The smallest absolute Gasteiger partial charge is 0.328 e. The number of anilines is 1. The predicted molar refractivity (Wildman–Crippen MR) is 78.7 cm³/mol. The summed E-state index contributed by atoms with van der Waals surface area (Å²) >= 11 is 0. The summed E-state index contributed by atoms with van der Waals surface area (Å²) in [5.41, 5.74) is 2.43. The number of rotatable bonds is 6. The Morgan fingerprint density at radius 3 is 2.47 bits per heavy atom. The third kappa shape index (κ3) is 3.28. The minimum atomic E-state index is 0.0773. The first-order valence-corrected chi connectivity index (χ1v) is 6.77. The lowest BCUT2D eigenvalue weighted by atomic mass is 10.2. The van der Waals surface area contributed by atoms with Gasteiger partial charge in [-0.2, -0.15) is 0 Å². The Kier molecular flexibility index (Phi) is 4.44. The SMILES string of the molecule is CCCn1ccn(CCNc2ccccc2C)c1=O. The molecule has 102 valence electrons. The monoisotopic (exact) mass is 259 g/mol. The van der Waals surface area contributed by atoms with Gasteiger partial charge < -0.3 is 5.32 Å². The Morgan fingerprint density at radius 2 is 1.79 bits per heavy atom. The molecule has 2 aromatic rings. The molecule has 0 aliphatic rings. The van der Waals surface area contributed by atoms with Crippen LogP contribution >= 0.6 is 0 Å². The minimum absolute atomic E-state index is 0.0773. The molecule has 2 rings (SSSR count). The molecule has 0 saturated heterocycles. The van der Waals surface area contributed by atoms with Crippen LogP contribution in [0.1, 0.15) is 18.9 Å². The van der Waals surface area contributed by atoms with Crippen LogP contribution in [0.2, 0.25) is 0 Å². The van der Waals surface area contributed by atoms with E-state index in [1.165, 1.54) is 5.56 Å². The summed E-state index contributed by atoms with van der Waals surface area (Å²) in [5, 5.41) is 3.36. The molecule has 4 nitrogen and oxygen atoms in total. The lowest BCUT2D eigenvalue weighted by molar-refractivity contribution is 0.610. The number of nitrogens with one attached hydrogen (secondary N) is 1. The molecule has 19 heavy (non-hydrogen) atoms. The fourth-order valence-electron chi connectivity index (χ4n) is 2.12. The van der Waals surface area contributed by atoms with Gasteiger partial charge in [0, 0.05) is 37.7 Å². The summed E-state index contributed by atoms with van der Waals surface area (Å²) in [7, 11) is 0. The number of hydrogen-bond acceptors (Lipinski definition) is 2. The highest BCUT2D eigenvalue weighted by Crippen LogP contribution is 2.12. The number of aryl methyl sites for hydroxylation is 2. The Hall–Kier alpha value is -1.97. The van der Waals surface area contributed by atoms with Crippen molar-refractivity contribution in [1.82, 2.24) is 9.13 Å². The van der Waals surface area contributed by atoms with Gasteiger partial charge in [0.25, 0.3) is 0 Å². The van der Waals surface area contributed by atoms with Gasteiger partial charge in [-0.15, -0.1) is 0 Å². The van der Waals surface area contributed by atoms with E-state index < -0.39 is 0 Å². The summed E-state index contributed by atoms with van der Waals surface area (Å²) in [4.78, 5) is 12.0. The second-order valence-corrected chi connectivity index (χ2v) is 4.71. The maximum atomic E-state index is 12.0. The van der Waals surface area contributed by atoms with Crippen molar-refractivity contribution in [1.29, 1.82) is 0 Å². The van der Waals surface area contributed by atoms with Gasteiger partial charge in [-0.3, -0.25) is 9.13 Å². The van der Waals surface area contributed by atoms with E-state index in [0.29, 0.717) is 6.54 Å². The molecule has 0 bridgehead atoms. The minimum Gasteiger partial charge on any atom is -0.383 e. The first kappa shape index (κ1) is 13.5. The number of nitrogens with zero attached hydrogens (tertiary/aromatic N) is 2. The fraction of sp³-hybridized carbons (Fsp3) is 0.400. The summed E-state index contributed by atoms with van der Waals surface area (Å²) in [6.07, 6.45) is 4.70. The lowest BCUT2D eigenvalue weighted by Gasteiger charge is -2.09. The third-order valence-electron chi connectivity index (χ3n) is 3.20. The molecular formula is C15H21N3O. The summed E-state index contributed by atoms with van der Waals surface area (Å²) in [5.74, 6) is 0. The van der Waals surface area contributed by atoms with Crippen molar-refractivity contribution in [2.75, 3.05) is 11.9 Å². The quantitative estimate of drug-likeness (QED) is 0.865. The summed E-state index contributed by atoms with van der Waals surface area (Å²) < 4.78 is 3.51. The number of imidazole rings is 1. The van der Waals surface area contributed by atoms with Gasteiger partial charge in [0.05, 0.1) is 0 Å². The van der Waals surface area contributed by atoms with Crippen LogP contribution in [0.15, 0.2) is 41.5 Å². The van der Waals surface area contributed by atoms with Crippen LogP contribution in [0.5, 0.6) is 0 Å². The van der Waals surface area contributed by atoms with Crippen molar-refractivity contribution < 1.29 is 0 Å². The van der Waals surface area contributed by atoms with Crippen molar-refractivity contribution in [3.8, 4) is 0 Å². The molecule has 0 aliphatic carbocycles. The van der Waals surface area contributed by atoms with E-state index in [0.717, 1.165) is 25.2 Å². The molecule has 0 unspecified atom stereocenters. The largest absolute Gasteiger partial charge is 0.383 e. The van der Waals surface area contributed by atoms with Crippen LogP contribution in [-0.2, 0) is 13.1 Å². The molecule has 4 heteroatoms. The Labute approximate surface area is 113 Å². The molecule has 0 fully saturated rings. The highest BCUT2D eigenvalue weighted by atomic mass is 16.1. The van der Waals surface area contributed by atoms with E-state index in [-0.39, 0.29) is 5.69 Å². The van der Waals surface area contributed by atoms with Crippen molar-refractivity contribution in [3.63, 3.8) is 0 Å². The van der Waals surface area contributed by atoms with Gasteiger partial charge in [0.2, 0.25) is 0 Å². The molecular weight excluding hydrogens is 238 g/mol. The average molecular weight is 259 g/mol. The van der Waals surface area contributed by atoms with Crippen molar-refractivity contribution in [2.24, 2.45) is 0 Å². The predicted octanol–water partition coefficient (Wildman–Crippen LogP) is 2.48. The molecule has 0 saturated carbocycles. The van der Waals surface area contributed by atoms with E-state index in [1.54, 1.807) is 9.13 Å². The van der Waals surface area contributed by atoms with Crippen LogP contribution in [0.25, 0.3) is 0 Å². The van der Waals surface area contributed by atoms with E-state index >= 15 is 0 Å². The molecule has 1 heterocycles. The van der Waals surface area contributed by atoms with Gasteiger partial charge >= 0.3 is 5.69 Å². The number of aromatic nitrogens is 2. The van der Waals surface area contributed by atoms with Crippen LogP contribution in [-0.4, -0.2) is 15.7 Å². The maximum absolute atomic E-state index is 12.0. The zero-order chi connectivity index (χ0) is 13.7. The van der Waals surface area contributed by atoms with Crippen LogP contribution < -0.4 is 11.0 Å². The van der Waals surface area contributed by atoms with Gasteiger partial charge in [-0.05, 0) is 25.0 Å². The van der Waals surface area contributed by atoms with E-state index in [4.69, 9.17) is 0 Å². The number of benzene rings is 1. The molecule has 0 amide bonds. The van der Waals surface area contributed by atoms with E-state index in [9.17, 15) is 4.79 Å². The summed E-state index contributed by atoms with van der Waals surface area (Å²) in [6, 6.07) is 8.17. The Morgan fingerprint density at radius 1 is 1.11 bits per heavy atom. The van der Waals surface area contributed by atoms with Gasteiger partial charge in [0.1, 0.15) is 0 Å². The standard InChI is InChI=1S/C15H21N3O/c1-3-9-17-11-12-18(15(17)19)10-8-16-14-7-5-4-6-13(14)2/h4-7,11-12,16H,3,8-10H2,1-2H3. The highest BCUT2D eigenvalue weighted by molar-refractivity contribution is 5.50. The molecule has 1 aromatic heterocycles. The second kappa shape index (κ2) is 6.27. The van der Waals surface area contributed by atoms with Crippen LogP contribution in [0.4, 0.5) is 5.69 Å². The fourth-order valence-corrected chi connectivity index (χ4v) is 2.12. The van der Waals surface area contributed by atoms with E-state index in [2.05, 4.69) is 31.3 Å². The normalized spacial score (nSPS) is 10.6. The second-order valence-electron chi connectivity index (χ2n) is 4.71. The Balaban J connectivity index is 1.93. The first-order chi connectivity index (χ1) is 9.22. The molecule has 1 aromatic carbocycles. The summed E-state index contributed by atoms with van der Waals surface area (Å²) in [6.45, 7) is 6.37. The van der Waals surface area contributed by atoms with Crippen LogP contribution in [0, 0.1) is 6.92 Å². The molecule has 0 aliphatic heterocycles. The number of hydrogen-bond donors (Lipinski definition) is 1. The van der Waals surface area contributed by atoms with Crippen molar-refractivity contribution >= 4 is 5.69 Å². The molecule has 0 atom stereocenters. The van der Waals surface area contributed by atoms with Gasteiger partial charge in [-0.25, -0.2) is 4.79 Å². The van der Waals surface area contributed by atoms with Crippen molar-refractivity contribution in [2.45, 2.75) is 33.4 Å². The topological polar surface area (TPSA) is 39.0 Å². The average Bonchev–Trinajstić information content (AvgIpc) is 2.74. The lowest BCUT2D eigenvalue weighted by Crippen LogP contribution is -2.26. The van der Waals surface area contributed by atoms with Gasteiger partial charge in [0.15, 0.2) is 0 Å². The van der Waals surface area contributed by atoms with Crippen LogP contribution in [0.3, 0.4) is 0 Å². The zero-order valence-corrected chi connectivity index (χ0v) is 11.6.